The van der Waals surface area contributed by atoms with Crippen LogP contribution in [0.1, 0.15) is 21.5 Å². The first kappa shape index (κ1) is 21.6. The van der Waals surface area contributed by atoms with Crippen LogP contribution >= 0.6 is 11.6 Å². The van der Waals surface area contributed by atoms with Crippen LogP contribution in [0.5, 0.6) is 0 Å². The van der Waals surface area contributed by atoms with E-state index in [1.807, 2.05) is 55.6 Å². The highest BCUT2D eigenvalue weighted by Crippen LogP contribution is 2.19. The molecule has 0 atom stereocenters. The first-order valence-electron chi connectivity index (χ1n) is 10.2. The number of fused-ring (bicyclic) bond motifs is 1. The molecule has 0 unspecified atom stereocenters. The van der Waals surface area contributed by atoms with Crippen molar-refractivity contribution in [2.75, 3.05) is 11.9 Å². The number of rotatable bonds is 5. The number of hydrogen-bond donors (Lipinski definition) is 3. The van der Waals surface area contributed by atoms with Crippen molar-refractivity contribution in [3.05, 3.63) is 100 Å². The third-order valence-corrected chi connectivity index (χ3v) is 5.43. The van der Waals surface area contributed by atoms with Gasteiger partial charge in [0.05, 0.1) is 5.02 Å². The molecule has 162 valence electrons. The molecule has 4 rings (SSSR count). The first-order chi connectivity index (χ1) is 15.5. The van der Waals surface area contributed by atoms with Crippen LogP contribution < -0.4 is 10.6 Å². The summed E-state index contributed by atoms with van der Waals surface area (Å²) in [7, 11) is 0. The Labute approximate surface area is 190 Å². The number of nitrogens with zero attached hydrogens (tertiary/aromatic N) is 1. The SMILES string of the molecule is Cc1ccccc1NC(=NCCc1c[nH]c2ccccc12)NC(=O)c1ccc(F)c(Cl)c1. The molecule has 0 spiro atoms. The van der Waals surface area contributed by atoms with Crippen molar-refractivity contribution in [2.45, 2.75) is 13.3 Å². The predicted molar refractivity (Wildman–Crippen MR) is 128 cm³/mol. The second-order valence-electron chi connectivity index (χ2n) is 7.36. The normalized spacial score (nSPS) is 11.5. The van der Waals surface area contributed by atoms with Crippen LogP contribution in [0.2, 0.25) is 5.02 Å². The number of hydrogen-bond acceptors (Lipinski definition) is 2. The van der Waals surface area contributed by atoms with Gasteiger partial charge in [-0.2, -0.15) is 0 Å². The summed E-state index contributed by atoms with van der Waals surface area (Å²) in [4.78, 5) is 20.6. The number of aromatic nitrogens is 1. The third-order valence-electron chi connectivity index (χ3n) is 5.14. The zero-order valence-electron chi connectivity index (χ0n) is 17.5. The molecule has 1 amide bonds. The zero-order chi connectivity index (χ0) is 22.5. The lowest BCUT2D eigenvalue weighted by atomic mass is 10.1. The van der Waals surface area contributed by atoms with Crippen molar-refractivity contribution >= 4 is 40.1 Å². The number of benzene rings is 3. The molecule has 0 aliphatic carbocycles. The van der Waals surface area contributed by atoms with E-state index in [1.165, 1.54) is 18.2 Å². The number of carbonyl (C=O) groups excluding carboxylic acids is 1. The summed E-state index contributed by atoms with van der Waals surface area (Å²) >= 11 is 5.83. The quantitative estimate of drug-likeness (QED) is 0.270. The molecule has 1 aromatic heterocycles. The van der Waals surface area contributed by atoms with Gasteiger partial charge in [-0.1, -0.05) is 48.0 Å². The molecule has 0 radical (unpaired) electrons. The Morgan fingerprint density at radius 2 is 1.88 bits per heavy atom. The van der Waals surface area contributed by atoms with Gasteiger partial charge in [-0.15, -0.1) is 0 Å². The average Bonchev–Trinajstić information content (AvgIpc) is 3.20. The van der Waals surface area contributed by atoms with Gasteiger partial charge in [-0.25, -0.2) is 4.39 Å². The number of amides is 1. The summed E-state index contributed by atoms with van der Waals surface area (Å²) in [5.74, 6) is -0.697. The molecular weight excluding hydrogens is 427 g/mol. The summed E-state index contributed by atoms with van der Waals surface area (Å²) < 4.78 is 13.5. The van der Waals surface area contributed by atoms with Crippen molar-refractivity contribution in [1.82, 2.24) is 10.3 Å². The summed E-state index contributed by atoms with van der Waals surface area (Å²) in [6.07, 6.45) is 2.68. The summed E-state index contributed by atoms with van der Waals surface area (Å²) in [6.45, 7) is 2.42. The molecule has 32 heavy (non-hydrogen) atoms. The molecule has 0 saturated heterocycles. The van der Waals surface area contributed by atoms with Crippen LogP contribution in [0.15, 0.2) is 77.9 Å². The van der Waals surface area contributed by atoms with Gasteiger partial charge in [0.15, 0.2) is 0 Å². The number of aryl methyl sites for hydroxylation is 1. The van der Waals surface area contributed by atoms with E-state index >= 15 is 0 Å². The van der Waals surface area contributed by atoms with Gasteiger partial charge in [-0.05, 0) is 54.8 Å². The van der Waals surface area contributed by atoms with Crippen molar-refractivity contribution in [3.63, 3.8) is 0 Å². The smallest absolute Gasteiger partial charge is 0.258 e. The Hall–Kier alpha value is -3.64. The minimum absolute atomic E-state index is 0.109. The molecular formula is C25H22ClFN4O. The lowest BCUT2D eigenvalue weighted by molar-refractivity contribution is 0.0977. The van der Waals surface area contributed by atoms with Crippen LogP contribution in [0.3, 0.4) is 0 Å². The molecule has 7 heteroatoms. The van der Waals surface area contributed by atoms with E-state index in [2.05, 4.69) is 26.7 Å². The second kappa shape index (κ2) is 9.66. The predicted octanol–water partition coefficient (Wildman–Crippen LogP) is 5.71. The number of carbonyl (C=O) groups is 1. The molecule has 1 heterocycles. The first-order valence-corrected chi connectivity index (χ1v) is 10.6. The van der Waals surface area contributed by atoms with E-state index in [0.717, 1.165) is 27.7 Å². The van der Waals surface area contributed by atoms with Gasteiger partial charge in [0.2, 0.25) is 5.96 Å². The van der Waals surface area contributed by atoms with E-state index in [9.17, 15) is 9.18 Å². The standard InChI is InChI=1S/C25H22ClFN4O/c1-16-6-2-4-8-22(16)30-25(31-24(32)17-10-11-21(27)20(26)14-17)28-13-12-18-15-29-23-9-5-3-7-19(18)23/h2-11,14-15,29H,12-13H2,1H3,(H2,28,30,31,32). The molecule has 0 saturated carbocycles. The van der Waals surface area contributed by atoms with Crippen molar-refractivity contribution in [1.29, 1.82) is 0 Å². The van der Waals surface area contributed by atoms with Gasteiger partial charge in [0.1, 0.15) is 5.82 Å². The molecule has 0 aliphatic heterocycles. The Kier molecular flexibility index (Phi) is 6.52. The molecule has 0 fully saturated rings. The monoisotopic (exact) mass is 448 g/mol. The Morgan fingerprint density at radius 1 is 1.09 bits per heavy atom. The van der Waals surface area contributed by atoms with E-state index in [0.29, 0.717) is 18.9 Å². The highest BCUT2D eigenvalue weighted by Gasteiger charge is 2.12. The zero-order valence-corrected chi connectivity index (χ0v) is 18.2. The van der Waals surface area contributed by atoms with Crippen molar-refractivity contribution in [3.8, 4) is 0 Å². The maximum atomic E-state index is 13.5. The Balaban J connectivity index is 1.54. The Bertz CT molecular complexity index is 1300. The molecule has 3 aromatic carbocycles. The number of guanidine groups is 1. The fraction of sp³-hybridized carbons (Fsp3) is 0.120. The van der Waals surface area contributed by atoms with E-state index in [4.69, 9.17) is 11.6 Å². The molecule has 0 bridgehead atoms. The summed E-state index contributed by atoms with van der Waals surface area (Å²) in [5, 5.41) is 7.02. The summed E-state index contributed by atoms with van der Waals surface area (Å²) in [5.41, 5.74) is 4.31. The van der Waals surface area contributed by atoms with Gasteiger partial charge < -0.3 is 10.3 Å². The van der Waals surface area contributed by atoms with Gasteiger partial charge in [-0.3, -0.25) is 15.1 Å². The number of aliphatic imine (C=N–C) groups is 1. The third kappa shape index (κ3) is 4.98. The maximum absolute atomic E-state index is 13.5. The molecule has 3 N–H and O–H groups in total. The number of nitrogens with one attached hydrogen (secondary N) is 3. The molecule has 4 aromatic rings. The fourth-order valence-corrected chi connectivity index (χ4v) is 3.58. The number of halogens is 2. The van der Waals surface area contributed by atoms with Gasteiger partial charge in [0, 0.05) is 34.9 Å². The largest absolute Gasteiger partial charge is 0.361 e. The fourth-order valence-electron chi connectivity index (χ4n) is 3.39. The van der Waals surface area contributed by atoms with Crippen LogP contribution in [0.4, 0.5) is 10.1 Å². The van der Waals surface area contributed by atoms with Crippen LogP contribution in [0, 0.1) is 12.7 Å². The minimum Gasteiger partial charge on any atom is -0.361 e. The van der Waals surface area contributed by atoms with E-state index < -0.39 is 11.7 Å². The van der Waals surface area contributed by atoms with Crippen LogP contribution in [-0.4, -0.2) is 23.4 Å². The number of anilines is 1. The van der Waals surface area contributed by atoms with Gasteiger partial charge >= 0.3 is 0 Å². The van der Waals surface area contributed by atoms with E-state index in [1.54, 1.807) is 0 Å². The van der Waals surface area contributed by atoms with Crippen LogP contribution in [-0.2, 0) is 6.42 Å². The highest BCUT2D eigenvalue weighted by atomic mass is 35.5. The highest BCUT2D eigenvalue weighted by molar-refractivity contribution is 6.31. The lowest BCUT2D eigenvalue weighted by Gasteiger charge is -2.14. The van der Waals surface area contributed by atoms with Crippen molar-refractivity contribution < 1.29 is 9.18 Å². The molecule has 5 nitrogen and oxygen atoms in total. The molecule has 0 aliphatic rings. The number of para-hydroxylation sites is 2. The topological polar surface area (TPSA) is 69.3 Å². The minimum atomic E-state index is -0.575. The maximum Gasteiger partial charge on any atom is 0.258 e. The number of H-pyrrole nitrogens is 1. The van der Waals surface area contributed by atoms with Crippen molar-refractivity contribution in [2.24, 2.45) is 4.99 Å². The van der Waals surface area contributed by atoms with E-state index in [-0.39, 0.29) is 10.6 Å². The lowest BCUT2D eigenvalue weighted by Crippen LogP contribution is -2.36. The second-order valence-corrected chi connectivity index (χ2v) is 7.77. The summed E-state index contributed by atoms with van der Waals surface area (Å²) in [6, 6.07) is 19.6. The van der Waals surface area contributed by atoms with Crippen LogP contribution in [0.25, 0.3) is 10.9 Å². The number of aromatic amines is 1. The van der Waals surface area contributed by atoms with Gasteiger partial charge in [0.25, 0.3) is 5.91 Å². The average molecular weight is 449 g/mol. The Morgan fingerprint density at radius 3 is 2.69 bits per heavy atom.